The Morgan fingerprint density at radius 2 is 2.12 bits per heavy atom. The molecule has 0 aliphatic rings. The lowest BCUT2D eigenvalue weighted by Gasteiger charge is -2.22. The third-order valence-corrected chi connectivity index (χ3v) is 2.70. The highest BCUT2D eigenvalue weighted by atomic mass is 16.1. The third kappa shape index (κ3) is 5.11. The van der Waals surface area contributed by atoms with E-state index in [0.29, 0.717) is 18.8 Å². The summed E-state index contributed by atoms with van der Waals surface area (Å²) in [5, 5.41) is 3.96. The second kappa shape index (κ2) is 5.43. The van der Waals surface area contributed by atoms with E-state index in [9.17, 15) is 4.79 Å². The van der Waals surface area contributed by atoms with E-state index in [0.717, 1.165) is 12.2 Å². The molecule has 4 nitrogen and oxygen atoms in total. The number of hydrogen-bond donors (Lipinski definition) is 0. The number of ketones is 1. The van der Waals surface area contributed by atoms with Crippen molar-refractivity contribution in [1.29, 1.82) is 0 Å². The van der Waals surface area contributed by atoms with E-state index in [1.54, 1.807) is 4.68 Å². The van der Waals surface area contributed by atoms with Gasteiger partial charge in [0.15, 0.2) is 0 Å². The van der Waals surface area contributed by atoms with Crippen molar-refractivity contribution >= 4 is 5.78 Å². The van der Waals surface area contributed by atoms with E-state index >= 15 is 0 Å². The molecule has 1 atom stereocenters. The number of carbonyl (C=O) groups excluding carboxylic acids is 1. The van der Waals surface area contributed by atoms with Gasteiger partial charge in [-0.25, -0.2) is 4.98 Å². The van der Waals surface area contributed by atoms with Crippen molar-refractivity contribution in [2.75, 3.05) is 0 Å². The molecule has 96 valence electrons. The highest BCUT2D eigenvalue weighted by Gasteiger charge is 2.18. The second-order valence-electron chi connectivity index (χ2n) is 6.09. The summed E-state index contributed by atoms with van der Waals surface area (Å²) in [6, 6.07) is 0. The van der Waals surface area contributed by atoms with Gasteiger partial charge in [-0.05, 0) is 17.8 Å². The molecule has 1 aromatic rings. The molecule has 0 fully saturated rings. The summed E-state index contributed by atoms with van der Waals surface area (Å²) in [4.78, 5) is 15.9. The Bertz CT molecular complexity index is 376. The summed E-state index contributed by atoms with van der Waals surface area (Å²) in [7, 11) is 1.81. The van der Waals surface area contributed by atoms with E-state index in [4.69, 9.17) is 0 Å². The van der Waals surface area contributed by atoms with Gasteiger partial charge in [-0.3, -0.25) is 9.48 Å². The molecule has 0 saturated heterocycles. The van der Waals surface area contributed by atoms with Crippen LogP contribution in [0.5, 0.6) is 0 Å². The van der Waals surface area contributed by atoms with Gasteiger partial charge in [-0.2, -0.15) is 5.10 Å². The predicted molar refractivity (Wildman–Crippen MR) is 67.6 cm³/mol. The molecule has 1 unspecified atom stereocenters. The molecule has 1 heterocycles. The number of aryl methyl sites for hydroxylation is 1. The highest BCUT2D eigenvalue weighted by molar-refractivity contribution is 5.80. The van der Waals surface area contributed by atoms with Gasteiger partial charge in [0.05, 0.1) is 6.42 Å². The van der Waals surface area contributed by atoms with Crippen LogP contribution in [0.1, 0.15) is 46.4 Å². The molecule has 0 aliphatic carbocycles. The van der Waals surface area contributed by atoms with Gasteiger partial charge in [0, 0.05) is 13.5 Å². The lowest BCUT2D eigenvalue weighted by molar-refractivity contribution is -0.119. The van der Waals surface area contributed by atoms with Gasteiger partial charge in [-0.1, -0.05) is 27.7 Å². The van der Waals surface area contributed by atoms with Crippen LogP contribution < -0.4 is 0 Å². The SMILES string of the molecule is CC(CC(=O)Cc1ncnn1C)CC(C)(C)C. The second-order valence-corrected chi connectivity index (χ2v) is 6.09. The number of nitrogens with zero attached hydrogens (tertiary/aromatic N) is 3. The topological polar surface area (TPSA) is 47.8 Å². The van der Waals surface area contributed by atoms with Crippen LogP contribution in [0.3, 0.4) is 0 Å². The lowest BCUT2D eigenvalue weighted by atomic mass is 9.83. The number of Topliss-reactive ketones (excluding diaryl/α,β-unsaturated/α-hetero) is 1. The van der Waals surface area contributed by atoms with E-state index in [1.165, 1.54) is 6.33 Å². The van der Waals surface area contributed by atoms with Crippen molar-refractivity contribution in [3.63, 3.8) is 0 Å². The first-order valence-electron chi connectivity index (χ1n) is 6.12. The van der Waals surface area contributed by atoms with Crippen LogP contribution in [-0.4, -0.2) is 20.5 Å². The molecule has 0 N–H and O–H groups in total. The zero-order valence-electron chi connectivity index (χ0n) is 11.5. The average Bonchev–Trinajstić information content (AvgIpc) is 2.47. The standard InChI is InChI=1S/C13H23N3O/c1-10(8-13(2,3)4)6-11(17)7-12-14-9-15-16(12)5/h9-10H,6-8H2,1-5H3. The van der Waals surface area contributed by atoms with Crippen LogP contribution >= 0.6 is 0 Å². The minimum atomic E-state index is 0.248. The molecule has 0 radical (unpaired) electrons. The van der Waals surface area contributed by atoms with Crippen LogP contribution in [0.25, 0.3) is 0 Å². The Kier molecular flexibility index (Phi) is 4.43. The van der Waals surface area contributed by atoms with Crippen LogP contribution in [0.15, 0.2) is 6.33 Å². The fraction of sp³-hybridized carbons (Fsp3) is 0.769. The molecule has 0 spiro atoms. The Morgan fingerprint density at radius 1 is 1.47 bits per heavy atom. The summed E-state index contributed by atoms with van der Waals surface area (Å²) >= 11 is 0. The van der Waals surface area contributed by atoms with Gasteiger partial charge in [-0.15, -0.1) is 0 Å². The van der Waals surface area contributed by atoms with Gasteiger partial charge >= 0.3 is 0 Å². The molecule has 0 aromatic carbocycles. The summed E-state index contributed by atoms with van der Waals surface area (Å²) in [6.45, 7) is 8.75. The first-order valence-corrected chi connectivity index (χ1v) is 6.12. The Hall–Kier alpha value is -1.19. The van der Waals surface area contributed by atoms with Crippen molar-refractivity contribution in [3.05, 3.63) is 12.2 Å². The first-order chi connectivity index (χ1) is 7.78. The van der Waals surface area contributed by atoms with Gasteiger partial charge in [0.1, 0.15) is 17.9 Å². The molecule has 0 bridgehead atoms. The molecular weight excluding hydrogens is 214 g/mol. The van der Waals surface area contributed by atoms with Crippen molar-refractivity contribution in [3.8, 4) is 0 Å². The molecule has 17 heavy (non-hydrogen) atoms. The third-order valence-electron chi connectivity index (χ3n) is 2.70. The van der Waals surface area contributed by atoms with E-state index in [-0.39, 0.29) is 11.2 Å². The summed E-state index contributed by atoms with van der Waals surface area (Å²) < 4.78 is 1.66. The molecule has 0 amide bonds. The fourth-order valence-corrected chi connectivity index (χ4v) is 2.23. The quantitative estimate of drug-likeness (QED) is 0.790. The Labute approximate surface area is 103 Å². The smallest absolute Gasteiger partial charge is 0.140 e. The zero-order valence-corrected chi connectivity index (χ0v) is 11.5. The molecular formula is C13H23N3O. The van der Waals surface area contributed by atoms with Crippen molar-refractivity contribution in [2.45, 2.75) is 47.0 Å². The maximum Gasteiger partial charge on any atom is 0.140 e. The maximum atomic E-state index is 11.9. The number of hydrogen-bond acceptors (Lipinski definition) is 3. The van der Waals surface area contributed by atoms with E-state index in [2.05, 4.69) is 37.8 Å². The number of rotatable bonds is 5. The minimum Gasteiger partial charge on any atom is -0.299 e. The van der Waals surface area contributed by atoms with Crippen LogP contribution in [-0.2, 0) is 18.3 Å². The van der Waals surface area contributed by atoms with Gasteiger partial charge in [0.2, 0.25) is 0 Å². The largest absolute Gasteiger partial charge is 0.299 e. The monoisotopic (exact) mass is 237 g/mol. The molecule has 1 aromatic heterocycles. The molecule has 0 saturated carbocycles. The van der Waals surface area contributed by atoms with Crippen LogP contribution in [0.4, 0.5) is 0 Å². The zero-order chi connectivity index (χ0) is 13.1. The Balaban J connectivity index is 2.43. The molecule has 4 heteroatoms. The highest BCUT2D eigenvalue weighted by Crippen LogP contribution is 2.26. The fourth-order valence-electron chi connectivity index (χ4n) is 2.23. The van der Waals surface area contributed by atoms with E-state index < -0.39 is 0 Å². The van der Waals surface area contributed by atoms with Crippen LogP contribution in [0.2, 0.25) is 0 Å². The molecule has 1 rings (SSSR count). The average molecular weight is 237 g/mol. The summed E-state index contributed by atoms with van der Waals surface area (Å²) in [5.41, 5.74) is 0.282. The Morgan fingerprint density at radius 3 is 2.59 bits per heavy atom. The maximum absolute atomic E-state index is 11.9. The first kappa shape index (κ1) is 13.9. The lowest BCUT2D eigenvalue weighted by Crippen LogP contribution is -2.16. The van der Waals surface area contributed by atoms with Crippen LogP contribution in [0, 0.1) is 11.3 Å². The molecule has 0 aliphatic heterocycles. The minimum absolute atomic E-state index is 0.248. The van der Waals surface area contributed by atoms with Crippen molar-refractivity contribution < 1.29 is 4.79 Å². The van der Waals surface area contributed by atoms with Gasteiger partial charge in [0.25, 0.3) is 0 Å². The van der Waals surface area contributed by atoms with E-state index in [1.807, 2.05) is 7.05 Å². The predicted octanol–water partition coefficient (Wildman–Crippen LogP) is 2.39. The van der Waals surface area contributed by atoms with Gasteiger partial charge < -0.3 is 0 Å². The normalized spacial score (nSPS) is 13.7. The summed E-state index contributed by atoms with van der Waals surface area (Å²) in [6.07, 6.45) is 3.58. The number of aromatic nitrogens is 3. The van der Waals surface area contributed by atoms with Crippen molar-refractivity contribution in [1.82, 2.24) is 14.8 Å². The van der Waals surface area contributed by atoms with Crippen molar-refractivity contribution in [2.24, 2.45) is 18.4 Å². The number of carbonyl (C=O) groups is 1. The summed E-state index contributed by atoms with van der Waals surface area (Å²) in [5.74, 6) is 1.42.